The molecule has 1 saturated heterocycles. The van der Waals surface area contributed by atoms with Gasteiger partial charge in [-0.05, 0) is 24.1 Å². The molecule has 3 heterocycles. The number of ether oxygens (including phenoxy) is 1. The quantitative estimate of drug-likeness (QED) is 0.747. The fraction of sp³-hybridized carbons (Fsp3) is 0.500. The van der Waals surface area contributed by atoms with Crippen molar-refractivity contribution in [3.8, 4) is 5.75 Å². The molecule has 4 rings (SSSR count). The monoisotopic (exact) mass is 440 g/mol. The Morgan fingerprint density at radius 2 is 1.94 bits per heavy atom. The number of phenolic OH excluding ortho intramolecular Hbond substituents is 1. The van der Waals surface area contributed by atoms with Gasteiger partial charge in [0, 0.05) is 25.7 Å². The van der Waals surface area contributed by atoms with Crippen LogP contribution in [0.2, 0.25) is 0 Å². The van der Waals surface area contributed by atoms with Gasteiger partial charge >= 0.3 is 6.18 Å². The lowest BCUT2D eigenvalue weighted by Crippen LogP contribution is -2.53. The number of alkyl halides is 3. The SMILES string of the molecule is O=c1cc(N2CCOCC2)nc2n1CC[C@@H](C(F)(F)F)N2C[C@H](O)c1cccc(O)c1. The Morgan fingerprint density at radius 3 is 2.61 bits per heavy atom. The van der Waals surface area contributed by atoms with Crippen molar-refractivity contribution >= 4 is 11.8 Å². The Bertz CT molecular complexity index is 991. The van der Waals surface area contributed by atoms with Crippen LogP contribution < -0.4 is 15.4 Å². The summed E-state index contributed by atoms with van der Waals surface area (Å²) in [4.78, 5) is 19.8. The first-order valence-corrected chi connectivity index (χ1v) is 9.99. The number of aromatic hydroxyl groups is 1. The summed E-state index contributed by atoms with van der Waals surface area (Å²) in [7, 11) is 0. The Kier molecular flexibility index (Phi) is 5.80. The molecule has 1 aromatic carbocycles. The van der Waals surface area contributed by atoms with E-state index in [0.717, 1.165) is 4.90 Å². The van der Waals surface area contributed by atoms with Gasteiger partial charge in [-0.15, -0.1) is 0 Å². The van der Waals surface area contributed by atoms with E-state index in [4.69, 9.17) is 4.74 Å². The second kappa shape index (κ2) is 8.39. The molecule has 168 valence electrons. The average Bonchev–Trinajstić information content (AvgIpc) is 2.73. The third-order valence-corrected chi connectivity index (χ3v) is 5.57. The summed E-state index contributed by atoms with van der Waals surface area (Å²) in [5.74, 6) is 0.0629. The number of morpholine rings is 1. The lowest BCUT2D eigenvalue weighted by atomic mass is 10.1. The van der Waals surface area contributed by atoms with Gasteiger partial charge in [0.05, 0.1) is 25.9 Å². The Morgan fingerprint density at radius 1 is 1.19 bits per heavy atom. The lowest BCUT2D eigenvalue weighted by Gasteiger charge is -2.40. The van der Waals surface area contributed by atoms with Crippen LogP contribution in [0, 0.1) is 0 Å². The molecule has 2 N–H and O–H groups in total. The fourth-order valence-electron chi connectivity index (χ4n) is 3.99. The van der Waals surface area contributed by atoms with Crippen LogP contribution in [0.3, 0.4) is 0 Å². The van der Waals surface area contributed by atoms with Gasteiger partial charge in [-0.2, -0.15) is 18.2 Å². The van der Waals surface area contributed by atoms with Crippen molar-refractivity contribution < 1.29 is 28.1 Å². The highest BCUT2D eigenvalue weighted by molar-refractivity contribution is 5.47. The van der Waals surface area contributed by atoms with Crippen LogP contribution in [-0.2, 0) is 11.3 Å². The van der Waals surface area contributed by atoms with Gasteiger partial charge in [0.25, 0.3) is 5.56 Å². The molecule has 2 atom stereocenters. The molecule has 0 aliphatic carbocycles. The second-order valence-electron chi connectivity index (χ2n) is 7.61. The Labute approximate surface area is 176 Å². The first kappa shape index (κ1) is 21.4. The van der Waals surface area contributed by atoms with E-state index in [1.807, 2.05) is 0 Å². The second-order valence-corrected chi connectivity index (χ2v) is 7.61. The number of fused-ring (bicyclic) bond motifs is 1. The summed E-state index contributed by atoms with van der Waals surface area (Å²) in [6.45, 7) is 1.27. The highest BCUT2D eigenvalue weighted by atomic mass is 19.4. The number of halogens is 3. The third kappa shape index (κ3) is 4.47. The molecule has 2 aliphatic heterocycles. The summed E-state index contributed by atoms with van der Waals surface area (Å²) in [6.07, 6.45) is -6.23. The standard InChI is InChI=1S/C20H23F3N4O4/c21-20(22,23)16-4-5-26-18(30)11-17(25-6-8-31-9-7-25)24-19(26)27(16)12-15(29)13-2-1-3-14(28)10-13/h1-3,10-11,15-16,28-29H,4-9,12H2/t15-,16-/m0/s1. The van der Waals surface area contributed by atoms with Crippen LogP contribution >= 0.6 is 0 Å². The van der Waals surface area contributed by atoms with Crippen LogP contribution in [0.5, 0.6) is 5.75 Å². The molecule has 0 spiro atoms. The molecule has 2 aliphatic rings. The maximum atomic E-state index is 13.9. The molecule has 11 heteroatoms. The van der Waals surface area contributed by atoms with E-state index in [9.17, 15) is 28.2 Å². The molecule has 0 saturated carbocycles. The number of aromatic nitrogens is 2. The number of hydrogen-bond acceptors (Lipinski definition) is 7. The fourth-order valence-corrected chi connectivity index (χ4v) is 3.99. The van der Waals surface area contributed by atoms with Gasteiger partial charge in [0.15, 0.2) is 0 Å². The lowest BCUT2D eigenvalue weighted by molar-refractivity contribution is -0.153. The largest absolute Gasteiger partial charge is 0.508 e. The van der Waals surface area contributed by atoms with Crippen molar-refractivity contribution in [1.29, 1.82) is 0 Å². The molecule has 31 heavy (non-hydrogen) atoms. The summed E-state index contributed by atoms with van der Waals surface area (Å²) in [6, 6.07) is 5.14. The van der Waals surface area contributed by atoms with Crippen molar-refractivity contribution in [3.05, 3.63) is 46.2 Å². The van der Waals surface area contributed by atoms with E-state index in [0.29, 0.717) is 32.1 Å². The number of phenols is 1. The van der Waals surface area contributed by atoms with E-state index in [2.05, 4.69) is 4.98 Å². The number of aliphatic hydroxyl groups is 1. The summed E-state index contributed by atoms with van der Waals surface area (Å²) in [5.41, 5.74) is -0.173. The normalized spacial score (nSPS) is 20.5. The van der Waals surface area contributed by atoms with Crippen molar-refractivity contribution in [2.75, 3.05) is 42.6 Å². The first-order valence-electron chi connectivity index (χ1n) is 9.99. The highest BCUT2D eigenvalue weighted by Gasteiger charge is 2.47. The predicted octanol–water partition coefficient (Wildman–Crippen LogP) is 1.66. The zero-order valence-corrected chi connectivity index (χ0v) is 16.6. The zero-order valence-electron chi connectivity index (χ0n) is 16.6. The molecular weight excluding hydrogens is 417 g/mol. The zero-order chi connectivity index (χ0) is 22.2. The van der Waals surface area contributed by atoms with Gasteiger partial charge < -0.3 is 24.7 Å². The number of nitrogens with zero attached hydrogens (tertiary/aromatic N) is 4. The summed E-state index contributed by atoms with van der Waals surface area (Å²) < 4.78 is 48.1. The van der Waals surface area contributed by atoms with E-state index >= 15 is 0 Å². The summed E-state index contributed by atoms with van der Waals surface area (Å²) >= 11 is 0. The molecule has 0 radical (unpaired) electrons. The van der Waals surface area contributed by atoms with Crippen LogP contribution in [-0.4, -0.2) is 64.8 Å². The number of hydrogen-bond donors (Lipinski definition) is 2. The maximum Gasteiger partial charge on any atom is 0.408 e. The number of β-amino-alcohol motifs (C(OH)–C–C–N with tert-alkyl or cyclic N) is 1. The maximum absolute atomic E-state index is 13.9. The smallest absolute Gasteiger partial charge is 0.408 e. The number of rotatable bonds is 4. The Balaban J connectivity index is 1.73. The summed E-state index contributed by atoms with van der Waals surface area (Å²) in [5, 5.41) is 20.3. The van der Waals surface area contributed by atoms with Crippen molar-refractivity contribution in [2.45, 2.75) is 31.3 Å². The minimum atomic E-state index is -4.57. The molecule has 0 amide bonds. The van der Waals surface area contributed by atoms with Crippen LogP contribution in [0.1, 0.15) is 18.1 Å². The topological polar surface area (TPSA) is 91.1 Å². The van der Waals surface area contributed by atoms with E-state index in [1.54, 1.807) is 4.90 Å². The minimum absolute atomic E-state index is 0.105. The number of benzene rings is 1. The molecular formula is C20H23F3N4O4. The van der Waals surface area contributed by atoms with Crippen LogP contribution in [0.4, 0.5) is 24.9 Å². The third-order valence-electron chi connectivity index (χ3n) is 5.57. The van der Waals surface area contributed by atoms with Gasteiger partial charge in [-0.25, -0.2) is 0 Å². The molecule has 1 fully saturated rings. The number of anilines is 2. The average molecular weight is 440 g/mol. The van der Waals surface area contributed by atoms with Crippen LogP contribution in [0.25, 0.3) is 0 Å². The van der Waals surface area contributed by atoms with Crippen molar-refractivity contribution in [2.24, 2.45) is 0 Å². The van der Waals surface area contributed by atoms with Gasteiger partial charge in [-0.1, -0.05) is 12.1 Å². The van der Waals surface area contributed by atoms with Gasteiger partial charge in [0.2, 0.25) is 5.95 Å². The van der Waals surface area contributed by atoms with Crippen molar-refractivity contribution in [3.63, 3.8) is 0 Å². The molecule has 0 unspecified atom stereocenters. The predicted molar refractivity (Wildman–Crippen MR) is 106 cm³/mol. The molecule has 1 aromatic heterocycles. The van der Waals surface area contributed by atoms with E-state index < -0.39 is 30.4 Å². The van der Waals surface area contributed by atoms with Crippen molar-refractivity contribution in [1.82, 2.24) is 9.55 Å². The minimum Gasteiger partial charge on any atom is -0.508 e. The van der Waals surface area contributed by atoms with E-state index in [-0.39, 0.29) is 30.2 Å². The highest BCUT2D eigenvalue weighted by Crippen LogP contribution is 2.35. The molecule has 2 aromatic rings. The first-order chi connectivity index (χ1) is 14.7. The van der Waals surface area contributed by atoms with Crippen LogP contribution in [0.15, 0.2) is 35.1 Å². The Hall–Kier alpha value is -2.79. The molecule has 8 nitrogen and oxygen atoms in total. The molecule has 0 bridgehead atoms. The van der Waals surface area contributed by atoms with Gasteiger partial charge in [-0.3, -0.25) is 9.36 Å². The van der Waals surface area contributed by atoms with E-state index in [1.165, 1.54) is 34.9 Å². The number of aliphatic hydroxyl groups excluding tert-OH is 1. The van der Waals surface area contributed by atoms with Gasteiger partial charge in [0.1, 0.15) is 17.6 Å².